The predicted molar refractivity (Wildman–Crippen MR) is 94.9 cm³/mol. The fourth-order valence-corrected chi connectivity index (χ4v) is 2.37. The van der Waals surface area contributed by atoms with Crippen molar-refractivity contribution in [2.75, 3.05) is 20.3 Å². The van der Waals surface area contributed by atoms with Crippen LogP contribution in [0.5, 0.6) is 0 Å². The van der Waals surface area contributed by atoms with E-state index in [4.69, 9.17) is 9.47 Å². The molecular weight excluding hydrogens is 308 g/mol. The van der Waals surface area contributed by atoms with Crippen LogP contribution in [0.25, 0.3) is 0 Å². The van der Waals surface area contributed by atoms with Gasteiger partial charge in [-0.25, -0.2) is 0 Å². The van der Waals surface area contributed by atoms with Crippen LogP contribution in [0.4, 0.5) is 0 Å². The van der Waals surface area contributed by atoms with Gasteiger partial charge in [0, 0.05) is 7.11 Å². The monoisotopic (exact) mass is 342 g/mol. The molecule has 0 saturated heterocycles. The van der Waals surface area contributed by atoms with Crippen molar-refractivity contribution in [1.29, 1.82) is 0 Å². The number of aliphatic carboxylic acids is 1. The molecule has 0 bridgehead atoms. The van der Waals surface area contributed by atoms with Gasteiger partial charge in [-0.3, -0.25) is 9.59 Å². The molecule has 0 aromatic heterocycles. The van der Waals surface area contributed by atoms with E-state index in [2.05, 4.69) is 6.92 Å². The summed E-state index contributed by atoms with van der Waals surface area (Å²) in [5.74, 6) is -2.16. The summed E-state index contributed by atoms with van der Waals surface area (Å²) in [6.45, 7) is 2.70. The van der Waals surface area contributed by atoms with Crippen LogP contribution in [0.15, 0.2) is 12.2 Å². The largest absolute Gasteiger partial charge is 0.481 e. The topological polar surface area (TPSA) is 72.8 Å². The van der Waals surface area contributed by atoms with E-state index in [0.29, 0.717) is 13.0 Å². The third-order valence-electron chi connectivity index (χ3n) is 3.87. The highest BCUT2D eigenvalue weighted by Crippen LogP contribution is 2.13. The van der Waals surface area contributed by atoms with Crippen molar-refractivity contribution in [3.05, 3.63) is 12.2 Å². The molecule has 5 heteroatoms. The van der Waals surface area contributed by atoms with Crippen LogP contribution in [0.2, 0.25) is 0 Å². The molecule has 0 amide bonds. The maximum atomic E-state index is 11.5. The first-order valence-electron chi connectivity index (χ1n) is 9.14. The van der Waals surface area contributed by atoms with E-state index >= 15 is 0 Å². The van der Waals surface area contributed by atoms with Crippen molar-refractivity contribution in [2.45, 2.75) is 71.1 Å². The minimum Gasteiger partial charge on any atom is -0.481 e. The highest BCUT2D eigenvalue weighted by Gasteiger charge is 2.20. The lowest BCUT2D eigenvalue weighted by Gasteiger charge is -2.09. The van der Waals surface area contributed by atoms with Crippen LogP contribution in [0.3, 0.4) is 0 Å². The van der Waals surface area contributed by atoms with Crippen molar-refractivity contribution >= 4 is 11.9 Å². The van der Waals surface area contributed by atoms with E-state index in [1.54, 1.807) is 0 Å². The minimum atomic E-state index is -0.959. The molecule has 0 aliphatic rings. The molecular formula is C19H34O5. The van der Waals surface area contributed by atoms with E-state index in [1.807, 2.05) is 12.2 Å². The first-order chi connectivity index (χ1) is 11.6. The van der Waals surface area contributed by atoms with Gasteiger partial charge in [0.2, 0.25) is 0 Å². The molecule has 0 saturated carbocycles. The van der Waals surface area contributed by atoms with Crippen molar-refractivity contribution in [3.63, 3.8) is 0 Å². The van der Waals surface area contributed by atoms with Crippen LogP contribution >= 0.6 is 0 Å². The average Bonchev–Trinajstić information content (AvgIpc) is 2.55. The number of hydrogen-bond donors (Lipinski definition) is 1. The molecule has 0 spiro atoms. The van der Waals surface area contributed by atoms with Gasteiger partial charge >= 0.3 is 11.9 Å². The maximum absolute atomic E-state index is 11.5. The number of allylic oxidation sites excluding steroid dienone is 2. The Kier molecular flexibility index (Phi) is 15.6. The Morgan fingerprint density at radius 2 is 1.67 bits per heavy atom. The van der Waals surface area contributed by atoms with Crippen LogP contribution in [0.1, 0.15) is 71.1 Å². The fourth-order valence-electron chi connectivity index (χ4n) is 2.37. The van der Waals surface area contributed by atoms with Crippen LogP contribution < -0.4 is 0 Å². The smallest absolute Gasteiger partial charge is 0.307 e. The number of carboxylic acids is 1. The van der Waals surface area contributed by atoms with Crippen molar-refractivity contribution in [2.24, 2.45) is 5.92 Å². The third-order valence-corrected chi connectivity index (χ3v) is 3.87. The van der Waals surface area contributed by atoms with E-state index in [9.17, 15) is 14.7 Å². The van der Waals surface area contributed by atoms with Gasteiger partial charge in [0.1, 0.15) is 6.61 Å². The van der Waals surface area contributed by atoms with Crippen LogP contribution in [-0.2, 0) is 19.1 Å². The third kappa shape index (κ3) is 14.2. The Balaban J connectivity index is 3.80. The number of carbonyl (C=O) groups is 2. The summed E-state index contributed by atoms with van der Waals surface area (Å²) < 4.78 is 9.69. The average molecular weight is 342 g/mol. The van der Waals surface area contributed by atoms with E-state index < -0.39 is 17.9 Å². The highest BCUT2D eigenvalue weighted by molar-refractivity contribution is 5.78. The Labute approximate surface area is 146 Å². The second kappa shape index (κ2) is 16.5. The maximum Gasteiger partial charge on any atom is 0.307 e. The van der Waals surface area contributed by atoms with E-state index in [1.165, 1.54) is 45.6 Å². The van der Waals surface area contributed by atoms with Gasteiger partial charge in [-0.05, 0) is 19.3 Å². The molecule has 0 aromatic carbocycles. The van der Waals surface area contributed by atoms with Crippen LogP contribution in [0, 0.1) is 5.92 Å². The Morgan fingerprint density at radius 1 is 1.00 bits per heavy atom. The Bertz CT molecular complexity index is 352. The van der Waals surface area contributed by atoms with E-state index in [0.717, 1.165) is 12.8 Å². The highest BCUT2D eigenvalue weighted by atomic mass is 16.6. The van der Waals surface area contributed by atoms with Gasteiger partial charge in [0.15, 0.2) is 0 Å². The summed E-state index contributed by atoms with van der Waals surface area (Å²) in [6, 6.07) is 0. The first-order valence-corrected chi connectivity index (χ1v) is 9.14. The quantitative estimate of drug-likeness (QED) is 0.256. The zero-order valence-electron chi connectivity index (χ0n) is 15.3. The summed E-state index contributed by atoms with van der Waals surface area (Å²) in [6.07, 6.45) is 14.0. The molecule has 1 unspecified atom stereocenters. The zero-order chi connectivity index (χ0) is 18.0. The summed E-state index contributed by atoms with van der Waals surface area (Å²) in [4.78, 5) is 22.7. The predicted octanol–water partition coefficient (Wildman–Crippen LogP) is 4.35. The van der Waals surface area contributed by atoms with Gasteiger partial charge in [-0.2, -0.15) is 0 Å². The fraction of sp³-hybridized carbons (Fsp3) is 0.789. The molecule has 24 heavy (non-hydrogen) atoms. The second-order valence-electron chi connectivity index (χ2n) is 6.07. The van der Waals surface area contributed by atoms with Gasteiger partial charge in [-0.15, -0.1) is 0 Å². The number of carboxylic acid groups (broad SMARTS) is 1. The molecule has 0 heterocycles. The number of methoxy groups -OCH3 is 1. The minimum absolute atomic E-state index is 0.0964. The van der Waals surface area contributed by atoms with Crippen molar-refractivity contribution < 1.29 is 24.2 Å². The summed E-state index contributed by atoms with van der Waals surface area (Å²) in [5.41, 5.74) is 0. The van der Waals surface area contributed by atoms with Crippen molar-refractivity contribution in [3.8, 4) is 0 Å². The standard InChI is InChI=1S/C19H34O5/c1-3-4-5-6-7-8-9-10-11-12-13-17(19(21)22)16-18(20)24-15-14-23-2/h11-12,17H,3-10,13-16H2,1-2H3,(H,21,22)/b12-11+. The number of carbonyl (C=O) groups excluding carboxylic acids is 1. The lowest BCUT2D eigenvalue weighted by atomic mass is 10.0. The lowest BCUT2D eigenvalue weighted by Crippen LogP contribution is -2.20. The molecule has 0 rings (SSSR count). The van der Waals surface area contributed by atoms with Crippen LogP contribution in [-0.4, -0.2) is 37.4 Å². The molecule has 0 aliphatic carbocycles. The number of rotatable bonds is 16. The summed E-state index contributed by atoms with van der Waals surface area (Å²) in [5, 5.41) is 9.17. The second-order valence-corrected chi connectivity index (χ2v) is 6.07. The number of hydrogen-bond acceptors (Lipinski definition) is 4. The van der Waals surface area contributed by atoms with Gasteiger partial charge < -0.3 is 14.6 Å². The number of ether oxygens (including phenoxy) is 2. The molecule has 0 aromatic rings. The number of esters is 1. The number of unbranched alkanes of at least 4 members (excludes halogenated alkanes) is 7. The normalized spacial score (nSPS) is 12.4. The zero-order valence-corrected chi connectivity index (χ0v) is 15.3. The summed E-state index contributed by atoms with van der Waals surface area (Å²) >= 11 is 0. The molecule has 0 radical (unpaired) electrons. The van der Waals surface area contributed by atoms with Gasteiger partial charge in [-0.1, -0.05) is 57.6 Å². The molecule has 140 valence electrons. The Morgan fingerprint density at radius 3 is 2.29 bits per heavy atom. The first kappa shape index (κ1) is 22.6. The molecule has 1 N–H and O–H groups in total. The van der Waals surface area contributed by atoms with E-state index in [-0.39, 0.29) is 13.0 Å². The molecule has 1 atom stereocenters. The molecule has 0 aliphatic heterocycles. The van der Waals surface area contributed by atoms with Crippen molar-refractivity contribution in [1.82, 2.24) is 0 Å². The SMILES string of the molecule is CCCCCCCCC/C=C/CC(CC(=O)OCCOC)C(=O)O. The Hall–Kier alpha value is -1.36. The molecule has 0 fully saturated rings. The van der Waals surface area contributed by atoms with Gasteiger partial charge in [0.05, 0.1) is 18.9 Å². The summed E-state index contributed by atoms with van der Waals surface area (Å²) in [7, 11) is 1.52. The molecule has 5 nitrogen and oxygen atoms in total. The van der Waals surface area contributed by atoms with Gasteiger partial charge in [0.25, 0.3) is 0 Å². The lowest BCUT2D eigenvalue weighted by molar-refractivity contribution is -0.152.